The maximum atomic E-state index is 9.40. The Balaban J connectivity index is 2.06. The Morgan fingerprint density at radius 2 is 2.28 bits per heavy atom. The lowest BCUT2D eigenvalue weighted by molar-refractivity contribution is 0.424. The maximum absolute atomic E-state index is 9.40. The van der Waals surface area contributed by atoms with Crippen LogP contribution in [0.15, 0.2) is 28.8 Å². The van der Waals surface area contributed by atoms with Gasteiger partial charge in [0.1, 0.15) is 5.75 Å². The number of thioether (sulfide) groups is 1. The first-order valence-corrected chi connectivity index (χ1v) is 6.97. The van der Waals surface area contributed by atoms with E-state index >= 15 is 0 Å². The summed E-state index contributed by atoms with van der Waals surface area (Å²) in [7, 11) is 0. The monoisotopic (exact) mass is 264 g/mol. The van der Waals surface area contributed by atoms with E-state index in [1.54, 1.807) is 30.0 Å². The van der Waals surface area contributed by atoms with E-state index in [2.05, 4.69) is 24.0 Å². The topological polar surface area (TPSA) is 59.2 Å². The number of aromatic nitrogens is 2. The van der Waals surface area contributed by atoms with Crippen LogP contribution in [0.25, 0.3) is 11.5 Å². The van der Waals surface area contributed by atoms with E-state index in [9.17, 15) is 5.11 Å². The van der Waals surface area contributed by atoms with Crippen molar-refractivity contribution in [1.82, 2.24) is 10.1 Å². The number of rotatable bonds is 5. The molecule has 1 aromatic carbocycles. The van der Waals surface area contributed by atoms with Crippen LogP contribution in [0.2, 0.25) is 0 Å². The molecule has 0 bridgehead atoms. The highest BCUT2D eigenvalue weighted by molar-refractivity contribution is 7.99. The maximum Gasteiger partial charge on any atom is 0.258 e. The molecule has 0 saturated carbocycles. The zero-order valence-corrected chi connectivity index (χ0v) is 11.3. The van der Waals surface area contributed by atoms with Crippen molar-refractivity contribution in [3.05, 3.63) is 30.1 Å². The van der Waals surface area contributed by atoms with Crippen molar-refractivity contribution in [2.24, 2.45) is 0 Å². The molecule has 18 heavy (non-hydrogen) atoms. The zero-order chi connectivity index (χ0) is 13.0. The van der Waals surface area contributed by atoms with Gasteiger partial charge in [0.2, 0.25) is 0 Å². The summed E-state index contributed by atoms with van der Waals surface area (Å²) >= 11 is 1.81. The fraction of sp³-hybridized carbons (Fsp3) is 0.385. The molecule has 0 amide bonds. The Morgan fingerprint density at radius 1 is 1.44 bits per heavy atom. The minimum atomic E-state index is 0.196. The van der Waals surface area contributed by atoms with Crippen molar-refractivity contribution in [2.45, 2.75) is 31.3 Å². The Hall–Kier alpha value is -1.49. The summed E-state index contributed by atoms with van der Waals surface area (Å²) in [5.41, 5.74) is 0.738. The summed E-state index contributed by atoms with van der Waals surface area (Å²) in [5, 5.41) is 13.9. The molecule has 1 atom stereocenters. The predicted octanol–water partition coefficient (Wildman–Crippen LogP) is 3.47. The smallest absolute Gasteiger partial charge is 0.258 e. The van der Waals surface area contributed by atoms with Crippen LogP contribution < -0.4 is 0 Å². The summed E-state index contributed by atoms with van der Waals surface area (Å²) in [6, 6.07) is 6.81. The van der Waals surface area contributed by atoms with E-state index in [4.69, 9.17) is 4.52 Å². The minimum absolute atomic E-state index is 0.196. The van der Waals surface area contributed by atoms with Crippen LogP contribution in [0.1, 0.15) is 26.1 Å². The number of aromatic hydroxyl groups is 1. The van der Waals surface area contributed by atoms with Crippen LogP contribution >= 0.6 is 11.8 Å². The van der Waals surface area contributed by atoms with E-state index in [0.29, 0.717) is 17.0 Å². The van der Waals surface area contributed by atoms with Gasteiger partial charge in [-0.25, -0.2) is 0 Å². The van der Waals surface area contributed by atoms with Crippen molar-refractivity contribution in [3.63, 3.8) is 0 Å². The van der Waals surface area contributed by atoms with Crippen molar-refractivity contribution >= 4 is 11.8 Å². The average molecular weight is 264 g/mol. The van der Waals surface area contributed by atoms with Crippen LogP contribution in [-0.4, -0.2) is 20.5 Å². The van der Waals surface area contributed by atoms with Crippen LogP contribution in [0.4, 0.5) is 0 Å². The lowest BCUT2D eigenvalue weighted by Gasteiger charge is -2.04. The van der Waals surface area contributed by atoms with Crippen LogP contribution in [0.3, 0.4) is 0 Å². The summed E-state index contributed by atoms with van der Waals surface area (Å²) in [6.07, 6.45) is 1.13. The Kier molecular flexibility index (Phi) is 4.25. The van der Waals surface area contributed by atoms with Gasteiger partial charge in [-0.2, -0.15) is 16.7 Å². The van der Waals surface area contributed by atoms with Crippen molar-refractivity contribution in [1.29, 1.82) is 0 Å². The zero-order valence-electron chi connectivity index (χ0n) is 10.5. The molecule has 1 unspecified atom stereocenters. The molecule has 2 rings (SSSR count). The molecule has 1 aromatic heterocycles. The highest BCUT2D eigenvalue weighted by Crippen LogP contribution is 2.23. The number of hydrogen-bond acceptors (Lipinski definition) is 5. The fourth-order valence-electron chi connectivity index (χ4n) is 1.40. The molecule has 2 aromatic rings. The summed E-state index contributed by atoms with van der Waals surface area (Å²) in [6.45, 7) is 4.34. The Labute approximate surface area is 110 Å². The van der Waals surface area contributed by atoms with Crippen molar-refractivity contribution in [3.8, 4) is 17.2 Å². The van der Waals surface area contributed by atoms with E-state index in [0.717, 1.165) is 17.7 Å². The molecule has 0 fully saturated rings. The van der Waals surface area contributed by atoms with Crippen molar-refractivity contribution < 1.29 is 9.63 Å². The molecule has 4 nitrogen and oxygen atoms in total. The van der Waals surface area contributed by atoms with E-state index in [-0.39, 0.29) is 5.75 Å². The third kappa shape index (κ3) is 3.26. The van der Waals surface area contributed by atoms with E-state index in [1.165, 1.54) is 0 Å². The van der Waals surface area contributed by atoms with Gasteiger partial charge in [0.25, 0.3) is 5.89 Å². The molecule has 1 heterocycles. The molecule has 1 N–H and O–H groups in total. The average Bonchev–Trinajstić information content (AvgIpc) is 2.84. The van der Waals surface area contributed by atoms with Crippen LogP contribution in [0, 0.1) is 0 Å². The number of phenols is 1. The molecule has 5 heteroatoms. The van der Waals surface area contributed by atoms with Gasteiger partial charge >= 0.3 is 0 Å². The molecule has 96 valence electrons. The molecule has 0 saturated heterocycles. The Bertz CT molecular complexity index is 513. The number of benzene rings is 1. The SMILES string of the molecule is CCC(C)SCc1noc(-c2cccc(O)c2)n1. The molecule has 0 spiro atoms. The molecule has 0 aliphatic heterocycles. The number of hydrogen-bond donors (Lipinski definition) is 1. The lowest BCUT2D eigenvalue weighted by Crippen LogP contribution is -1.94. The van der Waals surface area contributed by atoms with Crippen molar-refractivity contribution in [2.75, 3.05) is 0 Å². The third-order valence-electron chi connectivity index (χ3n) is 2.63. The number of nitrogens with zero attached hydrogens (tertiary/aromatic N) is 2. The second-order valence-electron chi connectivity index (χ2n) is 4.10. The summed E-state index contributed by atoms with van der Waals surface area (Å²) < 4.78 is 5.19. The lowest BCUT2D eigenvalue weighted by atomic mass is 10.2. The van der Waals surface area contributed by atoms with Gasteiger partial charge in [-0.1, -0.05) is 25.1 Å². The van der Waals surface area contributed by atoms with Gasteiger partial charge < -0.3 is 9.63 Å². The highest BCUT2D eigenvalue weighted by atomic mass is 32.2. The van der Waals surface area contributed by atoms with Crippen LogP contribution in [-0.2, 0) is 5.75 Å². The van der Waals surface area contributed by atoms with E-state index in [1.807, 2.05) is 6.07 Å². The van der Waals surface area contributed by atoms with E-state index < -0.39 is 0 Å². The second-order valence-corrected chi connectivity index (χ2v) is 5.52. The first-order chi connectivity index (χ1) is 8.69. The molecule has 0 aliphatic rings. The molecular formula is C13H16N2O2S. The molecule has 0 radical (unpaired) electrons. The van der Waals surface area contributed by atoms with Gasteiger partial charge in [-0.3, -0.25) is 0 Å². The normalized spacial score (nSPS) is 12.6. The summed E-state index contributed by atoms with van der Waals surface area (Å²) in [5.74, 6) is 2.09. The van der Waals surface area contributed by atoms with Gasteiger partial charge in [-0.05, 0) is 24.6 Å². The first kappa shape index (κ1) is 13.0. The quantitative estimate of drug-likeness (QED) is 0.896. The minimum Gasteiger partial charge on any atom is -0.508 e. The highest BCUT2D eigenvalue weighted by Gasteiger charge is 2.10. The van der Waals surface area contributed by atoms with Crippen LogP contribution in [0.5, 0.6) is 5.75 Å². The van der Waals surface area contributed by atoms with Gasteiger partial charge in [0.15, 0.2) is 5.82 Å². The fourth-order valence-corrected chi connectivity index (χ4v) is 2.19. The number of phenolic OH excluding ortho intramolecular Hbond substituents is 1. The molecular weight excluding hydrogens is 248 g/mol. The largest absolute Gasteiger partial charge is 0.508 e. The third-order valence-corrected chi connectivity index (χ3v) is 3.96. The van der Waals surface area contributed by atoms with Gasteiger partial charge in [-0.15, -0.1) is 0 Å². The standard InChI is InChI=1S/C13H16N2O2S/c1-3-9(2)18-8-12-14-13(17-15-12)10-5-4-6-11(16)7-10/h4-7,9,16H,3,8H2,1-2H3. The van der Waals surface area contributed by atoms with Gasteiger partial charge in [0.05, 0.1) is 5.75 Å². The first-order valence-electron chi connectivity index (χ1n) is 5.92. The predicted molar refractivity (Wildman–Crippen MR) is 72.4 cm³/mol. The second kappa shape index (κ2) is 5.91. The Morgan fingerprint density at radius 3 is 3.00 bits per heavy atom. The van der Waals surface area contributed by atoms with Gasteiger partial charge in [0, 0.05) is 10.8 Å². The summed E-state index contributed by atoms with van der Waals surface area (Å²) in [4.78, 5) is 4.32. The molecule has 0 aliphatic carbocycles.